The Morgan fingerprint density at radius 2 is 2.31 bits per heavy atom. The summed E-state index contributed by atoms with van der Waals surface area (Å²) < 4.78 is 29.5. The predicted molar refractivity (Wildman–Crippen MR) is 54.3 cm³/mol. The summed E-state index contributed by atoms with van der Waals surface area (Å²) in [7, 11) is 1.18. The zero-order chi connectivity index (χ0) is 12.3. The quantitative estimate of drug-likeness (QED) is 0.833. The SMILES string of the molecule is COC(=O)Cc1ncc(Cl)c(C(F)F)c1N. The van der Waals surface area contributed by atoms with E-state index in [1.54, 1.807) is 0 Å². The summed E-state index contributed by atoms with van der Waals surface area (Å²) >= 11 is 5.53. The van der Waals surface area contributed by atoms with Gasteiger partial charge >= 0.3 is 5.97 Å². The van der Waals surface area contributed by atoms with Gasteiger partial charge in [0.2, 0.25) is 0 Å². The monoisotopic (exact) mass is 250 g/mol. The lowest BCUT2D eigenvalue weighted by molar-refractivity contribution is -0.139. The third kappa shape index (κ3) is 2.57. The molecule has 0 aliphatic heterocycles. The van der Waals surface area contributed by atoms with Gasteiger partial charge in [0.05, 0.1) is 35.5 Å². The van der Waals surface area contributed by atoms with E-state index in [0.717, 1.165) is 6.20 Å². The van der Waals surface area contributed by atoms with Gasteiger partial charge in [0.15, 0.2) is 0 Å². The number of rotatable bonds is 3. The van der Waals surface area contributed by atoms with Crippen LogP contribution in [0, 0.1) is 0 Å². The molecule has 0 spiro atoms. The van der Waals surface area contributed by atoms with E-state index < -0.39 is 18.0 Å². The van der Waals surface area contributed by atoms with Gasteiger partial charge in [0.25, 0.3) is 6.43 Å². The van der Waals surface area contributed by atoms with Gasteiger partial charge in [-0.15, -0.1) is 0 Å². The Kier molecular flexibility index (Phi) is 4.00. The Morgan fingerprint density at radius 3 is 2.81 bits per heavy atom. The first-order valence-electron chi connectivity index (χ1n) is 4.25. The van der Waals surface area contributed by atoms with Gasteiger partial charge in [0.1, 0.15) is 0 Å². The average molecular weight is 251 g/mol. The van der Waals surface area contributed by atoms with Gasteiger partial charge in [0, 0.05) is 6.20 Å². The molecule has 0 aliphatic carbocycles. The second-order valence-corrected chi connectivity index (χ2v) is 3.34. The minimum absolute atomic E-state index is 0.0338. The molecule has 1 heterocycles. The van der Waals surface area contributed by atoms with Crippen LogP contribution < -0.4 is 5.73 Å². The van der Waals surface area contributed by atoms with Crippen molar-refractivity contribution < 1.29 is 18.3 Å². The molecule has 2 N–H and O–H groups in total. The number of nitrogens with zero attached hydrogens (tertiary/aromatic N) is 1. The Morgan fingerprint density at radius 1 is 1.69 bits per heavy atom. The number of methoxy groups -OCH3 is 1. The Labute approximate surface area is 95.4 Å². The second kappa shape index (κ2) is 5.07. The highest BCUT2D eigenvalue weighted by Crippen LogP contribution is 2.33. The van der Waals surface area contributed by atoms with Crippen molar-refractivity contribution in [2.75, 3.05) is 12.8 Å². The zero-order valence-electron chi connectivity index (χ0n) is 8.34. The highest BCUT2D eigenvalue weighted by molar-refractivity contribution is 6.31. The molecule has 7 heteroatoms. The van der Waals surface area contributed by atoms with Gasteiger partial charge in [-0.05, 0) is 0 Å². The van der Waals surface area contributed by atoms with Crippen LogP contribution in [-0.4, -0.2) is 18.1 Å². The molecular weight excluding hydrogens is 242 g/mol. The molecule has 0 aromatic carbocycles. The number of pyridine rings is 1. The number of aromatic nitrogens is 1. The summed E-state index contributed by atoms with van der Waals surface area (Å²) in [6.45, 7) is 0. The Bertz CT molecular complexity index is 413. The van der Waals surface area contributed by atoms with Gasteiger partial charge in [-0.1, -0.05) is 11.6 Å². The van der Waals surface area contributed by atoms with Gasteiger partial charge in [-0.3, -0.25) is 9.78 Å². The average Bonchev–Trinajstić information content (AvgIpc) is 2.21. The van der Waals surface area contributed by atoms with Crippen LogP contribution in [0.2, 0.25) is 5.02 Å². The molecule has 0 bridgehead atoms. The van der Waals surface area contributed by atoms with Gasteiger partial charge < -0.3 is 10.5 Å². The van der Waals surface area contributed by atoms with E-state index in [2.05, 4.69) is 9.72 Å². The van der Waals surface area contributed by atoms with Crippen molar-refractivity contribution in [2.45, 2.75) is 12.8 Å². The van der Waals surface area contributed by atoms with Crippen molar-refractivity contribution in [3.05, 3.63) is 22.5 Å². The van der Waals surface area contributed by atoms with E-state index in [-0.39, 0.29) is 22.8 Å². The molecule has 88 valence electrons. The van der Waals surface area contributed by atoms with Crippen molar-refractivity contribution in [3.8, 4) is 0 Å². The number of carbonyl (C=O) groups is 1. The smallest absolute Gasteiger partial charge is 0.311 e. The number of hydrogen-bond donors (Lipinski definition) is 1. The number of esters is 1. The Hall–Kier alpha value is -1.43. The standard InChI is InChI=1S/C9H9ClF2N2O2/c1-16-6(15)2-5-8(13)7(9(11)12)4(10)3-14-5/h3,9H,2,13H2,1H3. The fourth-order valence-electron chi connectivity index (χ4n) is 1.13. The molecule has 0 aliphatic rings. The number of hydrogen-bond acceptors (Lipinski definition) is 4. The van der Waals surface area contributed by atoms with Crippen molar-refractivity contribution >= 4 is 23.3 Å². The number of anilines is 1. The third-order valence-corrected chi connectivity index (χ3v) is 2.25. The molecule has 0 unspecified atom stereocenters. The maximum Gasteiger partial charge on any atom is 0.311 e. The Balaban J connectivity index is 3.13. The zero-order valence-corrected chi connectivity index (χ0v) is 9.09. The fraction of sp³-hybridized carbons (Fsp3) is 0.333. The molecule has 0 saturated heterocycles. The molecule has 16 heavy (non-hydrogen) atoms. The van der Waals surface area contributed by atoms with E-state index in [4.69, 9.17) is 17.3 Å². The summed E-state index contributed by atoms with van der Waals surface area (Å²) in [6.07, 6.45) is -2.04. The molecule has 0 saturated carbocycles. The van der Waals surface area contributed by atoms with E-state index >= 15 is 0 Å². The lowest BCUT2D eigenvalue weighted by Gasteiger charge is -2.10. The lowest BCUT2D eigenvalue weighted by Crippen LogP contribution is -2.10. The molecule has 0 atom stereocenters. The highest BCUT2D eigenvalue weighted by Gasteiger charge is 2.20. The maximum absolute atomic E-state index is 12.6. The minimum Gasteiger partial charge on any atom is -0.469 e. The number of nitrogens with two attached hydrogens (primary N) is 1. The fourth-order valence-corrected chi connectivity index (χ4v) is 1.36. The van der Waals surface area contributed by atoms with Crippen LogP contribution in [0.5, 0.6) is 0 Å². The first kappa shape index (κ1) is 12.6. The van der Waals surface area contributed by atoms with Gasteiger partial charge in [-0.25, -0.2) is 8.78 Å². The van der Waals surface area contributed by atoms with E-state index in [9.17, 15) is 13.6 Å². The van der Waals surface area contributed by atoms with Crippen LogP contribution in [0.25, 0.3) is 0 Å². The summed E-state index contributed by atoms with van der Waals surface area (Å²) in [6, 6.07) is 0. The minimum atomic E-state index is -2.81. The first-order chi connectivity index (χ1) is 7.47. The molecule has 1 aromatic heterocycles. The number of halogens is 3. The summed E-state index contributed by atoms with van der Waals surface area (Å²) in [4.78, 5) is 14.7. The summed E-state index contributed by atoms with van der Waals surface area (Å²) in [5.74, 6) is -0.610. The molecule has 1 aromatic rings. The number of nitrogen functional groups attached to an aromatic ring is 1. The number of carbonyl (C=O) groups excluding carboxylic acids is 1. The van der Waals surface area contributed by atoms with Crippen molar-refractivity contribution in [2.24, 2.45) is 0 Å². The highest BCUT2D eigenvalue weighted by atomic mass is 35.5. The molecule has 0 radical (unpaired) electrons. The second-order valence-electron chi connectivity index (χ2n) is 2.93. The molecule has 1 rings (SSSR count). The van der Waals surface area contributed by atoms with Crippen LogP contribution in [0.4, 0.5) is 14.5 Å². The largest absolute Gasteiger partial charge is 0.469 e. The number of ether oxygens (including phenoxy) is 1. The van der Waals surface area contributed by atoms with Crippen LogP contribution in [0.15, 0.2) is 6.20 Å². The normalized spacial score (nSPS) is 10.6. The topological polar surface area (TPSA) is 65.2 Å². The summed E-state index contributed by atoms with van der Waals surface area (Å²) in [5.41, 5.74) is 4.71. The molecule has 0 amide bonds. The van der Waals surface area contributed by atoms with Crippen molar-refractivity contribution in [1.82, 2.24) is 4.98 Å². The molecular formula is C9H9ClF2N2O2. The van der Waals surface area contributed by atoms with E-state index in [1.165, 1.54) is 7.11 Å². The summed E-state index contributed by atoms with van der Waals surface area (Å²) in [5, 5.41) is -0.221. The van der Waals surface area contributed by atoms with E-state index in [1.807, 2.05) is 0 Å². The van der Waals surface area contributed by atoms with Crippen molar-refractivity contribution in [1.29, 1.82) is 0 Å². The maximum atomic E-state index is 12.6. The third-order valence-electron chi connectivity index (χ3n) is 1.95. The lowest BCUT2D eigenvalue weighted by atomic mass is 10.1. The van der Waals surface area contributed by atoms with Crippen molar-refractivity contribution in [3.63, 3.8) is 0 Å². The predicted octanol–water partition coefficient (Wildman–Crippen LogP) is 1.97. The van der Waals surface area contributed by atoms with Crippen LogP contribution in [-0.2, 0) is 16.0 Å². The molecule has 0 fully saturated rings. The number of alkyl halides is 2. The van der Waals surface area contributed by atoms with Crippen LogP contribution in [0.1, 0.15) is 17.7 Å². The first-order valence-corrected chi connectivity index (χ1v) is 4.62. The van der Waals surface area contributed by atoms with Crippen LogP contribution in [0.3, 0.4) is 0 Å². The molecule has 4 nitrogen and oxygen atoms in total. The van der Waals surface area contributed by atoms with Gasteiger partial charge in [-0.2, -0.15) is 0 Å². The van der Waals surface area contributed by atoms with Crippen LogP contribution >= 0.6 is 11.6 Å². The van der Waals surface area contributed by atoms with E-state index in [0.29, 0.717) is 0 Å².